The number of rotatable bonds is 5. The van der Waals surface area contributed by atoms with Crippen LogP contribution in [0.3, 0.4) is 0 Å². The Balaban J connectivity index is 0.00000225. The molecule has 0 unspecified atom stereocenters. The van der Waals surface area contributed by atoms with Crippen LogP contribution >= 0.6 is 48.8 Å². The van der Waals surface area contributed by atoms with Crippen LogP contribution in [0.4, 0.5) is 0 Å². The number of nitrogens with one attached hydrogen (secondary N) is 1. The summed E-state index contributed by atoms with van der Waals surface area (Å²) in [6, 6.07) is 8.78. The Bertz CT molecular complexity index is 510. The summed E-state index contributed by atoms with van der Waals surface area (Å²) in [4.78, 5) is 5.15. The summed E-state index contributed by atoms with van der Waals surface area (Å²) in [7, 11) is 0. The van der Waals surface area contributed by atoms with Crippen LogP contribution in [0, 0.1) is 0 Å². The Kier molecular flexibility index (Phi) is 13.6. The summed E-state index contributed by atoms with van der Waals surface area (Å²) in [5.41, 5.74) is 1.36. The molecule has 8 heteroatoms. The largest absolute Gasteiger partial charge is 0.373 e. The summed E-state index contributed by atoms with van der Waals surface area (Å²) in [5.74, 6) is 0. The second kappa shape index (κ2) is 13.4. The Labute approximate surface area is 187 Å². The quantitative estimate of drug-likeness (QED) is 0.727. The fourth-order valence-corrected chi connectivity index (χ4v) is 4.01. The molecule has 3 rings (SSSR count). The van der Waals surface area contributed by atoms with Crippen LogP contribution in [0.5, 0.6) is 0 Å². The van der Waals surface area contributed by atoms with Crippen LogP contribution < -0.4 is 5.32 Å². The molecule has 2 aliphatic heterocycles. The number of piperazine rings is 1. The third-order valence-corrected chi connectivity index (χ3v) is 5.21. The van der Waals surface area contributed by atoms with E-state index in [1.807, 2.05) is 12.1 Å². The van der Waals surface area contributed by atoms with E-state index in [2.05, 4.69) is 41.1 Å². The molecular weight excluding hydrogens is 428 g/mol. The van der Waals surface area contributed by atoms with Gasteiger partial charge in [0.15, 0.2) is 0 Å². The summed E-state index contributed by atoms with van der Waals surface area (Å²) in [5, 5.41) is 4.47. The minimum Gasteiger partial charge on any atom is -0.373 e. The molecule has 158 valence electrons. The van der Waals surface area contributed by atoms with Crippen LogP contribution in [-0.4, -0.2) is 73.9 Å². The zero-order valence-electron chi connectivity index (χ0n) is 16.1. The van der Waals surface area contributed by atoms with Crippen molar-refractivity contribution in [2.24, 2.45) is 0 Å². The third-order valence-electron chi connectivity index (χ3n) is 4.96. The van der Waals surface area contributed by atoms with Crippen molar-refractivity contribution in [1.82, 2.24) is 15.1 Å². The standard InChI is InChI=1S/C19H30ClN3O.3ClH/c1-15-12-23(13-16(2)24-15)10-9-22-8-7-21-19(14-22)11-17-3-5-18(20)6-4-17;;;/h3-6,15-16,19,21H,7-14H2,1-2H3;3*1H/t15-,16+,19-;;;/m1.../s1. The lowest BCUT2D eigenvalue weighted by Gasteiger charge is -2.38. The molecule has 0 radical (unpaired) electrons. The molecule has 27 heavy (non-hydrogen) atoms. The third kappa shape index (κ3) is 9.05. The van der Waals surface area contributed by atoms with E-state index in [9.17, 15) is 0 Å². The molecule has 2 fully saturated rings. The highest BCUT2D eigenvalue weighted by molar-refractivity contribution is 6.30. The average Bonchev–Trinajstić information content (AvgIpc) is 2.55. The normalized spacial score (nSPS) is 26.4. The van der Waals surface area contributed by atoms with Crippen LogP contribution in [0.25, 0.3) is 0 Å². The second-order valence-corrected chi connectivity index (χ2v) is 7.74. The van der Waals surface area contributed by atoms with Gasteiger partial charge in [-0.05, 0) is 38.0 Å². The minimum atomic E-state index is 0. The van der Waals surface area contributed by atoms with Crippen molar-refractivity contribution in [1.29, 1.82) is 0 Å². The van der Waals surface area contributed by atoms with Gasteiger partial charge in [0, 0.05) is 56.9 Å². The highest BCUT2D eigenvalue weighted by atomic mass is 35.5. The smallest absolute Gasteiger partial charge is 0.0678 e. The topological polar surface area (TPSA) is 27.7 Å². The molecule has 0 spiro atoms. The van der Waals surface area contributed by atoms with Gasteiger partial charge in [0.1, 0.15) is 0 Å². The van der Waals surface area contributed by atoms with Gasteiger partial charge in [0.05, 0.1) is 12.2 Å². The van der Waals surface area contributed by atoms with Crippen molar-refractivity contribution in [3.05, 3.63) is 34.9 Å². The van der Waals surface area contributed by atoms with Gasteiger partial charge in [0.2, 0.25) is 0 Å². The number of halogens is 4. The lowest BCUT2D eigenvalue weighted by molar-refractivity contribution is -0.0696. The van der Waals surface area contributed by atoms with Gasteiger partial charge in [-0.2, -0.15) is 0 Å². The van der Waals surface area contributed by atoms with Crippen molar-refractivity contribution < 1.29 is 4.74 Å². The van der Waals surface area contributed by atoms with Crippen LogP contribution in [0.2, 0.25) is 5.02 Å². The van der Waals surface area contributed by atoms with Crippen LogP contribution in [0.15, 0.2) is 24.3 Å². The number of benzene rings is 1. The van der Waals surface area contributed by atoms with Crippen molar-refractivity contribution in [3.63, 3.8) is 0 Å². The summed E-state index contributed by atoms with van der Waals surface area (Å²) in [6.45, 7) is 12.1. The highest BCUT2D eigenvalue weighted by Crippen LogP contribution is 2.14. The number of hydrogen-bond donors (Lipinski definition) is 1. The van der Waals surface area contributed by atoms with Gasteiger partial charge >= 0.3 is 0 Å². The molecule has 2 aliphatic rings. The molecule has 0 bridgehead atoms. The molecule has 2 saturated heterocycles. The van der Waals surface area contributed by atoms with Gasteiger partial charge < -0.3 is 10.1 Å². The van der Waals surface area contributed by atoms with E-state index in [4.69, 9.17) is 16.3 Å². The minimum absolute atomic E-state index is 0. The Morgan fingerprint density at radius 1 is 0.963 bits per heavy atom. The predicted molar refractivity (Wildman–Crippen MR) is 122 cm³/mol. The van der Waals surface area contributed by atoms with Crippen LogP contribution in [0.1, 0.15) is 19.4 Å². The van der Waals surface area contributed by atoms with Gasteiger partial charge in [0.25, 0.3) is 0 Å². The lowest BCUT2D eigenvalue weighted by atomic mass is 10.0. The monoisotopic (exact) mass is 459 g/mol. The Morgan fingerprint density at radius 2 is 1.56 bits per heavy atom. The average molecular weight is 461 g/mol. The van der Waals surface area contributed by atoms with Crippen molar-refractivity contribution in [3.8, 4) is 0 Å². The number of hydrogen-bond acceptors (Lipinski definition) is 4. The molecule has 2 heterocycles. The Hall–Kier alpha value is 0.220. The van der Waals surface area contributed by atoms with Crippen molar-refractivity contribution >= 4 is 48.8 Å². The molecule has 1 aromatic carbocycles. The molecule has 0 aromatic heterocycles. The van der Waals surface area contributed by atoms with E-state index in [0.717, 1.165) is 57.3 Å². The van der Waals surface area contributed by atoms with E-state index in [-0.39, 0.29) is 37.2 Å². The Morgan fingerprint density at radius 3 is 2.19 bits per heavy atom. The first-order chi connectivity index (χ1) is 11.6. The highest BCUT2D eigenvalue weighted by Gasteiger charge is 2.24. The van der Waals surface area contributed by atoms with E-state index in [1.54, 1.807) is 0 Å². The summed E-state index contributed by atoms with van der Waals surface area (Å²) < 4.78 is 5.83. The molecule has 3 atom stereocenters. The number of nitrogens with zero attached hydrogens (tertiary/aromatic N) is 2. The molecule has 0 saturated carbocycles. The first-order valence-corrected chi connectivity index (χ1v) is 9.54. The first kappa shape index (κ1) is 27.2. The van der Waals surface area contributed by atoms with Crippen molar-refractivity contribution in [2.75, 3.05) is 45.8 Å². The summed E-state index contributed by atoms with van der Waals surface area (Å²) in [6.07, 6.45) is 1.78. The molecule has 4 nitrogen and oxygen atoms in total. The van der Waals surface area contributed by atoms with Crippen LogP contribution in [-0.2, 0) is 11.2 Å². The van der Waals surface area contributed by atoms with Crippen molar-refractivity contribution in [2.45, 2.75) is 38.5 Å². The van der Waals surface area contributed by atoms with E-state index in [0.29, 0.717) is 18.2 Å². The SMILES string of the molecule is C[C@@H]1CN(CCN2CCN[C@H](Cc3ccc(Cl)cc3)C2)C[C@H](C)O1.Cl.Cl.Cl. The van der Waals surface area contributed by atoms with Gasteiger partial charge in [-0.1, -0.05) is 23.7 Å². The van der Waals surface area contributed by atoms with E-state index < -0.39 is 0 Å². The molecule has 0 amide bonds. The summed E-state index contributed by atoms with van der Waals surface area (Å²) >= 11 is 5.98. The molecule has 1 aromatic rings. The van der Waals surface area contributed by atoms with E-state index >= 15 is 0 Å². The maximum absolute atomic E-state index is 5.98. The maximum Gasteiger partial charge on any atom is 0.0678 e. The van der Waals surface area contributed by atoms with Gasteiger partial charge in [-0.25, -0.2) is 0 Å². The zero-order chi connectivity index (χ0) is 16.9. The number of ether oxygens (including phenoxy) is 1. The predicted octanol–water partition coefficient (Wildman–Crippen LogP) is 3.53. The second-order valence-electron chi connectivity index (χ2n) is 7.30. The molecule has 0 aliphatic carbocycles. The van der Waals surface area contributed by atoms with Gasteiger partial charge in [-0.15, -0.1) is 37.2 Å². The lowest BCUT2D eigenvalue weighted by Crippen LogP contribution is -2.54. The van der Waals surface area contributed by atoms with Gasteiger partial charge in [-0.3, -0.25) is 9.80 Å². The molecule has 1 N–H and O–H groups in total. The number of morpholine rings is 1. The first-order valence-electron chi connectivity index (χ1n) is 9.16. The molecular formula is C19H33Cl4N3O. The van der Waals surface area contributed by atoms with E-state index in [1.165, 1.54) is 5.56 Å². The fraction of sp³-hybridized carbons (Fsp3) is 0.684. The maximum atomic E-state index is 5.98. The fourth-order valence-electron chi connectivity index (χ4n) is 3.89. The zero-order valence-corrected chi connectivity index (χ0v) is 19.3.